The predicted molar refractivity (Wildman–Crippen MR) is 88.3 cm³/mol. The molecule has 0 bridgehead atoms. The summed E-state index contributed by atoms with van der Waals surface area (Å²) in [7, 11) is 0. The molecule has 1 unspecified atom stereocenters. The number of carbonyl (C=O) groups is 2. The van der Waals surface area contributed by atoms with Crippen LogP contribution in [0.5, 0.6) is 0 Å². The summed E-state index contributed by atoms with van der Waals surface area (Å²) in [6, 6.07) is 7.38. The zero-order valence-electron chi connectivity index (χ0n) is 13.2. The molecule has 3 rings (SSSR count). The van der Waals surface area contributed by atoms with Crippen LogP contribution in [0.1, 0.15) is 25.7 Å². The van der Waals surface area contributed by atoms with Crippen molar-refractivity contribution in [3.8, 4) is 0 Å². The van der Waals surface area contributed by atoms with Gasteiger partial charge in [0.15, 0.2) is 0 Å². The highest BCUT2D eigenvalue weighted by Crippen LogP contribution is 2.23. The molecule has 0 saturated carbocycles. The smallest absolute Gasteiger partial charge is 0.238 e. The van der Waals surface area contributed by atoms with E-state index in [1.165, 1.54) is 0 Å². The van der Waals surface area contributed by atoms with Crippen LogP contribution in [-0.2, 0) is 9.59 Å². The summed E-state index contributed by atoms with van der Waals surface area (Å²) in [5, 5.41) is 12.5. The van der Waals surface area contributed by atoms with E-state index in [0.29, 0.717) is 19.5 Å². The average molecular weight is 317 g/mol. The summed E-state index contributed by atoms with van der Waals surface area (Å²) in [4.78, 5) is 27.5. The van der Waals surface area contributed by atoms with Gasteiger partial charge in [-0.25, -0.2) is 0 Å². The lowest BCUT2D eigenvalue weighted by molar-refractivity contribution is -0.118. The van der Waals surface area contributed by atoms with Crippen LogP contribution in [0, 0.1) is 0 Å². The highest BCUT2D eigenvalue weighted by Gasteiger charge is 2.22. The monoisotopic (exact) mass is 317 g/mol. The minimum absolute atomic E-state index is 0.0795. The molecular weight excluding hydrogens is 294 g/mol. The number of hydrogen-bond acceptors (Lipinski definition) is 4. The zero-order chi connectivity index (χ0) is 16.2. The fourth-order valence-electron chi connectivity index (χ4n) is 3.22. The van der Waals surface area contributed by atoms with Crippen LogP contribution >= 0.6 is 0 Å². The molecule has 2 aliphatic rings. The Kier molecular flexibility index (Phi) is 4.93. The van der Waals surface area contributed by atoms with Crippen molar-refractivity contribution < 1.29 is 14.7 Å². The maximum atomic E-state index is 12.1. The molecule has 0 aromatic heterocycles. The van der Waals surface area contributed by atoms with Gasteiger partial charge in [-0.2, -0.15) is 0 Å². The van der Waals surface area contributed by atoms with Gasteiger partial charge >= 0.3 is 0 Å². The van der Waals surface area contributed by atoms with Crippen LogP contribution in [0.15, 0.2) is 24.3 Å². The van der Waals surface area contributed by atoms with Gasteiger partial charge in [0, 0.05) is 30.9 Å². The largest absolute Gasteiger partial charge is 0.392 e. The summed E-state index contributed by atoms with van der Waals surface area (Å²) >= 11 is 0. The molecule has 1 atom stereocenters. The van der Waals surface area contributed by atoms with Gasteiger partial charge in [0.1, 0.15) is 0 Å². The number of piperidine rings is 1. The van der Waals surface area contributed by atoms with Crippen LogP contribution in [0.2, 0.25) is 0 Å². The standard InChI is InChI=1S/C17H23N3O3/c21-15-3-1-9-19(11-15)12-16(22)18-13-5-7-14(8-6-13)20-10-2-4-17(20)23/h5-8,15,21H,1-4,9-12H2,(H,18,22). The van der Waals surface area contributed by atoms with E-state index < -0.39 is 0 Å². The van der Waals surface area contributed by atoms with E-state index in [2.05, 4.69) is 5.32 Å². The van der Waals surface area contributed by atoms with Crippen molar-refractivity contribution in [1.82, 2.24) is 4.90 Å². The number of benzene rings is 1. The second-order valence-corrected chi connectivity index (χ2v) is 6.28. The number of aliphatic hydroxyl groups is 1. The highest BCUT2D eigenvalue weighted by atomic mass is 16.3. The molecule has 0 spiro atoms. The van der Waals surface area contributed by atoms with Gasteiger partial charge in [0.05, 0.1) is 12.6 Å². The number of aliphatic hydroxyl groups excluding tert-OH is 1. The number of β-amino-alcohol motifs (C(OH)–C–C–N with tert-alkyl or cyclic N) is 1. The van der Waals surface area contributed by atoms with Crippen LogP contribution in [-0.4, -0.2) is 54.1 Å². The minimum Gasteiger partial charge on any atom is -0.392 e. The molecule has 2 N–H and O–H groups in total. The Balaban J connectivity index is 1.53. The van der Waals surface area contributed by atoms with Crippen LogP contribution in [0.3, 0.4) is 0 Å². The van der Waals surface area contributed by atoms with Crippen LogP contribution in [0.4, 0.5) is 11.4 Å². The van der Waals surface area contributed by atoms with E-state index >= 15 is 0 Å². The predicted octanol–water partition coefficient (Wildman–Crippen LogP) is 1.21. The summed E-state index contributed by atoms with van der Waals surface area (Å²) < 4.78 is 0. The lowest BCUT2D eigenvalue weighted by atomic mass is 10.1. The van der Waals surface area contributed by atoms with Gasteiger partial charge in [-0.1, -0.05) is 0 Å². The van der Waals surface area contributed by atoms with E-state index in [1.807, 2.05) is 29.2 Å². The highest BCUT2D eigenvalue weighted by molar-refractivity contribution is 5.96. The molecule has 2 fully saturated rings. The number of anilines is 2. The molecule has 0 radical (unpaired) electrons. The molecule has 23 heavy (non-hydrogen) atoms. The molecule has 124 valence electrons. The van der Waals surface area contributed by atoms with Crippen molar-refractivity contribution >= 4 is 23.2 Å². The number of amides is 2. The first-order chi connectivity index (χ1) is 11.1. The average Bonchev–Trinajstić information content (AvgIpc) is 2.94. The Hall–Kier alpha value is -1.92. The summed E-state index contributed by atoms with van der Waals surface area (Å²) in [5.74, 6) is 0.0783. The maximum absolute atomic E-state index is 12.1. The van der Waals surface area contributed by atoms with Crippen molar-refractivity contribution in [3.05, 3.63) is 24.3 Å². The van der Waals surface area contributed by atoms with E-state index in [0.717, 1.165) is 43.7 Å². The lowest BCUT2D eigenvalue weighted by Gasteiger charge is -2.29. The summed E-state index contributed by atoms with van der Waals surface area (Å²) in [6.45, 7) is 2.47. The number of hydrogen-bond donors (Lipinski definition) is 2. The summed E-state index contributed by atoms with van der Waals surface area (Å²) in [5.41, 5.74) is 1.60. The molecule has 1 aromatic rings. The van der Waals surface area contributed by atoms with Crippen molar-refractivity contribution in [1.29, 1.82) is 0 Å². The first-order valence-electron chi connectivity index (χ1n) is 8.22. The Morgan fingerprint density at radius 2 is 2.00 bits per heavy atom. The Morgan fingerprint density at radius 1 is 1.22 bits per heavy atom. The normalized spacial score (nSPS) is 22.4. The third-order valence-corrected chi connectivity index (χ3v) is 4.38. The number of nitrogens with one attached hydrogen (secondary N) is 1. The zero-order valence-corrected chi connectivity index (χ0v) is 13.2. The molecule has 0 aliphatic carbocycles. The summed E-state index contributed by atoms with van der Waals surface area (Å²) in [6.07, 6.45) is 2.93. The topological polar surface area (TPSA) is 72.9 Å². The molecule has 2 saturated heterocycles. The molecule has 2 aliphatic heterocycles. The fourth-order valence-corrected chi connectivity index (χ4v) is 3.22. The lowest BCUT2D eigenvalue weighted by Crippen LogP contribution is -2.42. The molecule has 6 heteroatoms. The van der Waals surface area contributed by atoms with Gasteiger partial charge in [0.2, 0.25) is 11.8 Å². The second-order valence-electron chi connectivity index (χ2n) is 6.28. The van der Waals surface area contributed by atoms with Gasteiger partial charge in [-0.15, -0.1) is 0 Å². The molecular formula is C17H23N3O3. The first kappa shape index (κ1) is 16.0. The van der Waals surface area contributed by atoms with Crippen molar-refractivity contribution in [2.24, 2.45) is 0 Å². The van der Waals surface area contributed by atoms with E-state index in [9.17, 15) is 14.7 Å². The van der Waals surface area contributed by atoms with Gasteiger partial charge in [-0.05, 0) is 50.1 Å². The maximum Gasteiger partial charge on any atom is 0.238 e. The Labute approximate surface area is 136 Å². The number of rotatable bonds is 4. The van der Waals surface area contributed by atoms with E-state index in [-0.39, 0.29) is 17.9 Å². The molecule has 1 aromatic carbocycles. The van der Waals surface area contributed by atoms with Crippen molar-refractivity contribution in [3.63, 3.8) is 0 Å². The number of nitrogens with zero attached hydrogens (tertiary/aromatic N) is 2. The van der Waals surface area contributed by atoms with Crippen LogP contribution < -0.4 is 10.2 Å². The quantitative estimate of drug-likeness (QED) is 0.875. The molecule has 6 nitrogen and oxygen atoms in total. The van der Waals surface area contributed by atoms with E-state index in [1.54, 1.807) is 4.90 Å². The Bertz CT molecular complexity index is 573. The van der Waals surface area contributed by atoms with Crippen LogP contribution in [0.25, 0.3) is 0 Å². The number of carbonyl (C=O) groups excluding carboxylic acids is 2. The fraction of sp³-hybridized carbons (Fsp3) is 0.529. The van der Waals surface area contributed by atoms with Gasteiger partial charge < -0.3 is 15.3 Å². The second kappa shape index (κ2) is 7.10. The van der Waals surface area contributed by atoms with Crippen molar-refractivity contribution in [2.45, 2.75) is 31.8 Å². The van der Waals surface area contributed by atoms with E-state index in [4.69, 9.17) is 0 Å². The van der Waals surface area contributed by atoms with Gasteiger partial charge in [-0.3, -0.25) is 14.5 Å². The molecule has 2 heterocycles. The Morgan fingerprint density at radius 3 is 2.65 bits per heavy atom. The third-order valence-electron chi connectivity index (χ3n) is 4.38. The number of likely N-dealkylation sites (tertiary alicyclic amines) is 1. The first-order valence-corrected chi connectivity index (χ1v) is 8.22. The van der Waals surface area contributed by atoms with Crippen molar-refractivity contribution in [2.75, 3.05) is 36.4 Å². The third kappa shape index (κ3) is 4.09. The SMILES string of the molecule is O=C(CN1CCCC(O)C1)Nc1ccc(N2CCCC2=O)cc1. The molecule has 2 amide bonds. The minimum atomic E-state index is -0.325. The van der Waals surface area contributed by atoms with Gasteiger partial charge in [0.25, 0.3) is 0 Å².